The van der Waals surface area contributed by atoms with E-state index < -0.39 is 0 Å². The average molecular weight is 345 g/mol. The summed E-state index contributed by atoms with van der Waals surface area (Å²) in [6, 6.07) is 1.70. The van der Waals surface area contributed by atoms with Crippen LogP contribution < -0.4 is 0 Å². The number of ether oxygens (including phenoxy) is 1. The molecular weight excluding hydrogens is 322 g/mol. The highest BCUT2D eigenvalue weighted by atomic mass is 16.5. The lowest BCUT2D eigenvalue weighted by atomic mass is 9.81. The summed E-state index contributed by atoms with van der Waals surface area (Å²) >= 11 is 0. The van der Waals surface area contributed by atoms with Crippen molar-refractivity contribution in [2.45, 2.75) is 43.9 Å². The van der Waals surface area contributed by atoms with Gasteiger partial charge in [-0.3, -0.25) is 4.79 Å². The first-order valence-corrected chi connectivity index (χ1v) is 8.89. The van der Waals surface area contributed by atoms with Gasteiger partial charge in [-0.1, -0.05) is 12.1 Å². The molecule has 0 spiro atoms. The molecule has 0 bridgehead atoms. The van der Waals surface area contributed by atoms with Gasteiger partial charge in [0.15, 0.2) is 5.82 Å². The fourth-order valence-electron chi connectivity index (χ4n) is 3.75. The molecule has 0 saturated carbocycles. The molecule has 2 fully saturated rings. The van der Waals surface area contributed by atoms with Crippen LogP contribution >= 0.6 is 0 Å². The van der Waals surface area contributed by atoms with Crippen LogP contribution in [0.15, 0.2) is 27.5 Å². The summed E-state index contributed by atoms with van der Waals surface area (Å²) in [5, 5.41) is 4.26. The Labute approximate surface area is 146 Å². The number of aromatic nitrogens is 2. The first kappa shape index (κ1) is 16.3. The van der Waals surface area contributed by atoms with Gasteiger partial charge >= 0.3 is 0 Å². The molecule has 2 saturated heterocycles. The van der Waals surface area contributed by atoms with Crippen LogP contribution in [0.4, 0.5) is 0 Å². The van der Waals surface area contributed by atoms with Crippen molar-refractivity contribution in [3.63, 3.8) is 0 Å². The van der Waals surface area contributed by atoms with E-state index in [0.29, 0.717) is 23.8 Å². The Morgan fingerprint density at radius 2 is 2.20 bits per heavy atom. The quantitative estimate of drug-likeness (QED) is 0.851. The van der Waals surface area contributed by atoms with Crippen LogP contribution in [0.1, 0.15) is 60.6 Å². The van der Waals surface area contributed by atoms with Gasteiger partial charge in [-0.05, 0) is 31.7 Å². The lowest BCUT2D eigenvalue weighted by Crippen LogP contribution is -2.47. The number of hydrogen-bond acceptors (Lipinski definition) is 6. The minimum Gasteiger partial charge on any atom is -0.472 e. The fraction of sp³-hybridized carbons (Fsp3) is 0.611. The summed E-state index contributed by atoms with van der Waals surface area (Å²) in [5.41, 5.74) is 0.296. The zero-order valence-corrected chi connectivity index (χ0v) is 14.4. The highest BCUT2D eigenvalue weighted by Gasteiger charge is 2.39. The maximum absolute atomic E-state index is 12.6. The third kappa shape index (κ3) is 3.20. The maximum atomic E-state index is 12.6. The number of likely N-dealkylation sites (tertiary alicyclic amines) is 1. The molecule has 0 radical (unpaired) electrons. The Morgan fingerprint density at radius 3 is 2.96 bits per heavy atom. The molecule has 7 heteroatoms. The van der Waals surface area contributed by atoms with Crippen LogP contribution in [0.5, 0.6) is 0 Å². The van der Waals surface area contributed by atoms with E-state index in [2.05, 4.69) is 12.1 Å². The first-order valence-electron chi connectivity index (χ1n) is 8.89. The molecule has 0 aromatic carbocycles. The third-order valence-corrected chi connectivity index (χ3v) is 5.30. The van der Waals surface area contributed by atoms with Crippen molar-refractivity contribution in [1.82, 2.24) is 15.0 Å². The number of carbonyl (C=O) groups is 1. The normalized spacial score (nSPS) is 25.2. The van der Waals surface area contributed by atoms with E-state index in [-0.39, 0.29) is 17.2 Å². The number of piperidine rings is 1. The van der Waals surface area contributed by atoms with Gasteiger partial charge in [0.05, 0.1) is 11.8 Å². The van der Waals surface area contributed by atoms with E-state index in [1.54, 1.807) is 6.07 Å². The topological polar surface area (TPSA) is 81.6 Å². The molecule has 1 unspecified atom stereocenters. The molecule has 25 heavy (non-hydrogen) atoms. The standard InChI is InChI=1S/C18H23N3O4/c1-18(17-19-15(25-20-17)13-3-8-23-9-4-13)6-2-7-21(12-18)16(22)14-5-10-24-11-14/h5,10-11,13H,2-4,6-9,12H2,1H3. The first-order chi connectivity index (χ1) is 12.2. The van der Waals surface area contributed by atoms with Crippen molar-refractivity contribution < 1.29 is 18.5 Å². The lowest BCUT2D eigenvalue weighted by molar-refractivity contribution is 0.0641. The summed E-state index contributed by atoms with van der Waals surface area (Å²) in [5.74, 6) is 1.69. The Bertz CT molecular complexity index is 721. The molecule has 7 nitrogen and oxygen atoms in total. The predicted octanol–water partition coefficient (Wildman–Crippen LogP) is 2.75. The molecule has 0 aliphatic carbocycles. The monoisotopic (exact) mass is 345 g/mol. The number of hydrogen-bond donors (Lipinski definition) is 0. The molecule has 2 aliphatic heterocycles. The predicted molar refractivity (Wildman–Crippen MR) is 88.3 cm³/mol. The molecule has 134 valence electrons. The smallest absolute Gasteiger partial charge is 0.257 e. The summed E-state index contributed by atoms with van der Waals surface area (Å²) in [6.07, 6.45) is 6.71. The van der Waals surface area contributed by atoms with Crippen molar-refractivity contribution >= 4 is 5.91 Å². The molecule has 2 aromatic heterocycles. The highest BCUT2D eigenvalue weighted by molar-refractivity contribution is 5.93. The molecule has 2 aromatic rings. The van der Waals surface area contributed by atoms with Gasteiger partial charge < -0.3 is 18.6 Å². The minimum atomic E-state index is -0.287. The van der Waals surface area contributed by atoms with Crippen LogP contribution in [-0.2, 0) is 10.2 Å². The second-order valence-corrected chi connectivity index (χ2v) is 7.25. The van der Waals surface area contributed by atoms with E-state index >= 15 is 0 Å². The van der Waals surface area contributed by atoms with Crippen molar-refractivity contribution in [1.29, 1.82) is 0 Å². The van der Waals surface area contributed by atoms with E-state index in [1.165, 1.54) is 12.5 Å². The minimum absolute atomic E-state index is 0.00665. The van der Waals surface area contributed by atoms with Gasteiger partial charge in [0.2, 0.25) is 5.89 Å². The van der Waals surface area contributed by atoms with Crippen molar-refractivity contribution in [3.05, 3.63) is 35.9 Å². The largest absolute Gasteiger partial charge is 0.472 e. The number of rotatable bonds is 3. The van der Waals surface area contributed by atoms with Crippen LogP contribution in [0.3, 0.4) is 0 Å². The van der Waals surface area contributed by atoms with Gasteiger partial charge in [-0.25, -0.2) is 0 Å². The maximum Gasteiger partial charge on any atom is 0.257 e. The molecule has 4 rings (SSSR count). The third-order valence-electron chi connectivity index (χ3n) is 5.30. The van der Waals surface area contributed by atoms with Gasteiger partial charge in [-0.2, -0.15) is 4.98 Å². The SMILES string of the molecule is CC1(c2noc(C3CCOCC3)n2)CCCN(C(=O)c2ccoc2)C1. The number of carbonyl (C=O) groups excluding carboxylic acids is 1. The van der Waals surface area contributed by atoms with Crippen LogP contribution in [0, 0.1) is 0 Å². The molecule has 1 atom stereocenters. The summed E-state index contributed by atoms with van der Waals surface area (Å²) in [6.45, 7) is 4.92. The Hall–Kier alpha value is -2.15. The number of furan rings is 1. The van der Waals surface area contributed by atoms with Crippen LogP contribution in [0.25, 0.3) is 0 Å². The van der Waals surface area contributed by atoms with E-state index in [1.807, 2.05) is 4.90 Å². The van der Waals surface area contributed by atoms with E-state index in [0.717, 1.165) is 45.4 Å². The van der Waals surface area contributed by atoms with Gasteiger partial charge in [0.1, 0.15) is 6.26 Å². The molecule has 4 heterocycles. The second kappa shape index (κ2) is 6.63. The zero-order valence-electron chi connectivity index (χ0n) is 14.4. The molecule has 2 aliphatic rings. The van der Waals surface area contributed by atoms with Crippen molar-refractivity contribution in [3.8, 4) is 0 Å². The number of nitrogens with zero attached hydrogens (tertiary/aromatic N) is 3. The van der Waals surface area contributed by atoms with Gasteiger partial charge in [0, 0.05) is 37.6 Å². The van der Waals surface area contributed by atoms with Crippen molar-refractivity contribution in [2.75, 3.05) is 26.3 Å². The van der Waals surface area contributed by atoms with Crippen LogP contribution in [0.2, 0.25) is 0 Å². The summed E-state index contributed by atoms with van der Waals surface area (Å²) in [4.78, 5) is 19.2. The fourth-order valence-corrected chi connectivity index (χ4v) is 3.75. The molecule has 1 amide bonds. The highest BCUT2D eigenvalue weighted by Crippen LogP contribution is 2.34. The van der Waals surface area contributed by atoms with E-state index in [9.17, 15) is 4.79 Å². The van der Waals surface area contributed by atoms with E-state index in [4.69, 9.17) is 18.7 Å². The Balaban J connectivity index is 1.50. The van der Waals surface area contributed by atoms with Gasteiger partial charge in [-0.15, -0.1) is 0 Å². The van der Waals surface area contributed by atoms with Gasteiger partial charge in [0.25, 0.3) is 5.91 Å². The van der Waals surface area contributed by atoms with Crippen LogP contribution in [-0.4, -0.2) is 47.3 Å². The second-order valence-electron chi connectivity index (χ2n) is 7.25. The Kier molecular flexibility index (Phi) is 4.33. The zero-order chi connectivity index (χ0) is 17.3. The summed E-state index contributed by atoms with van der Waals surface area (Å²) < 4.78 is 16.0. The van der Waals surface area contributed by atoms with Crippen molar-refractivity contribution in [2.24, 2.45) is 0 Å². The number of amides is 1. The molecular formula is C18H23N3O4. The average Bonchev–Trinajstić information content (AvgIpc) is 3.34. The molecule has 0 N–H and O–H groups in total. The lowest BCUT2D eigenvalue weighted by Gasteiger charge is -2.38. The summed E-state index contributed by atoms with van der Waals surface area (Å²) in [7, 11) is 0. The Morgan fingerprint density at radius 1 is 1.36 bits per heavy atom.